The molecule has 0 aliphatic carbocycles. The SMILES string of the molecule is N[C@@H](Cc1ccc(C#Cc2ccccc2B(O)O)cc1)C(=O)O. The lowest BCUT2D eigenvalue weighted by Gasteiger charge is -2.06. The topological polar surface area (TPSA) is 104 Å². The van der Waals surface area contributed by atoms with Crippen molar-refractivity contribution in [3.8, 4) is 11.8 Å². The van der Waals surface area contributed by atoms with Crippen LogP contribution in [0.3, 0.4) is 0 Å². The van der Waals surface area contributed by atoms with Crippen LogP contribution in [0.2, 0.25) is 0 Å². The summed E-state index contributed by atoms with van der Waals surface area (Å²) < 4.78 is 0. The van der Waals surface area contributed by atoms with Gasteiger partial charge in [0.15, 0.2) is 0 Å². The van der Waals surface area contributed by atoms with Gasteiger partial charge in [0.1, 0.15) is 6.04 Å². The first-order valence-electron chi connectivity index (χ1n) is 7.02. The van der Waals surface area contributed by atoms with Gasteiger partial charge in [0.05, 0.1) is 0 Å². The zero-order valence-electron chi connectivity index (χ0n) is 12.3. The van der Waals surface area contributed by atoms with Gasteiger partial charge < -0.3 is 20.9 Å². The molecule has 0 aromatic heterocycles. The van der Waals surface area contributed by atoms with Gasteiger partial charge in [0.25, 0.3) is 0 Å². The van der Waals surface area contributed by atoms with Crippen LogP contribution in [-0.2, 0) is 11.2 Å². The normalized spacial score (nSPS) is 11.3. The summed E-state index contributed by atoms with van der Waals surface area (Å²) in [5.74, 6) is 4.81. The summed E-state index contributed by atoms with van der Waals surface area (Å²) >= 11 is 0. The van der Waals surface area contributed by atoms with E-state index in [1.165, 1.54) is 0 Å². The Morgan fingerprint density at radius 1 is 1.09 bits per heavy atom. The zero-order chi connectivity index (χ0) is 16.8. The van der Waals surface area contributed by atoms with Crippen molar-refractivity contribution in [2.45, 2.75) is 12.5 Å². The van der Waals surface area contributed by atoms with Gasteiger partial charge in [-0.15, -0.1) is 0 Å². The molecule has 2 rings (SSSR count). The third-order valence-electron chi connectivity index (χ3n) is 3.31. The highest BCUT2D eigenvalue weighted by atomic mass is 16.4. The van der Waals surface area contributed by atoms with E-state index in [2.05, 4.69) is 11.8 Å². The number of carbonyl (C=O) groups is 1. The number of aliphatic carboxylic acids is 1. The molecule has 116 valence electrons. The van der Waals surface area contributed by atoms with Gasteiger partial charge in [0, 0.05) is 11.1 Å². The Morgan fingerprint density at radius 3 is 2.35 bits per heavy atom. The van der Waals surface area contributed by atoms with Gasteiger partial charge in [-0.05, 0) is 35.6 Å². The largest absolute Gasteiger partial charge is 0.489 e. The minimum Gasteiger partial charge on any atom is -0.480 e. The summed E-state index contributed by atoms with van der Waals surface area (Å²) in [5.41, 5.74) is 7.94. The summed E-state index contributed by atoms with van der Waals surface area (Å²) in [6.45, 7) is 0. The fourth-order valence-corrected chi connectivity index (χ4v) is 2.04. The van der Waals surface area contributed by atoms with Crippen LogP contribution in [0.4, 0.5) is 0 Å². The van der Waals surface area contributed by atoms with Crippen LogP contribution < -0.4 is 11.2 Å². The number of carboxylic acids is 1. The number of nitrogens with two attached hydrogens (primary N) is 1. The highest BCUT2D eigenvalue weighted by Crippen LogP contribution is 2.06. The first-order chi connectivity index (χ1) is 11.0. The van der Waals surface area contributed by atoms with Gasteiger partial charge in [-0.3, -0.25) is 4.79 Å². The maximum absolute atomic E-state index is 10.7. The Balaban J connectivity index is 2.15. The maximum Gasteiger partial charge on any atom is 0.489 e. The van der Waals surface area contributed by atoms with Crippen molar-refractivity contribution < 1.29 is 19.9 Å². The monoisotopic (exact) mass is 309 g/mol. The van der Waals surface area contributed by atoms with Gasteiger partial charge in [-0.25, -0.2) is 0 Å². The van der Waals surface area contributed by atoms with Crippen molar-refractivity contribution >= 4 is 18.6 Å². The molecule has 0 unspecified atom stereocenters. The second-order valence-electron chi connectivity index (χ2n) is 5.06. The molecule has 1 atom stereocenters. The predicted molar refractivity (Wildman–Crippen MR) is 88.0 cm³/mol. The Labute approximate surface area is 134 Å². The molecule has 0 saturated heterocycles. The highest BCUT2D eigenvalue weighted by molar-refractivity contribution is 6.59. The fraction of sp³-hybridized carbons (Fsp3) is 0.118. The van der Waals surface area contributed by atoms with E-state index in [1.54, 1.807) is 48.5 Å². The van der Waals surface area contributed by atoms with E-state index in [0.29, 0.717) is 11.0 Å². The molecule has 6 heteroatoms. The van der Waals surface area contributed by atoms with Crippen molar-refractivity contribution in [3.63, 3.8) is 0 Å². The van der Waals surface area contributed by atoms with Crippen molar-refractivity contribution in [1.82, 2.24) is 0 Å². The Hall–Kier alpha value is -2.59. The minimum atomic E-state index is -1.57. The predicted octanol–water partition coefficient (Wildman–Crippen LogP) is -0.279. The number of benzene rings is 2. The van der Waals surface area contributed by atoms with E-state index in [-0.39, 0.29) is 6.42 Å². The molecule has 5 nitrogen and oxygen atoms in total. The van der Waals surface area contributed by atoms with Crippen molar-refractivity contribution in [2.75, 3.05) is 0 Å². The van der Waals surface area contributed by atoms with E-state index in [4.69, 9.17) is 10.8 Å². The molecule has 0 aliphatic rings. The van der Waals surface area contributed by atoms with Gasteiger partial charge >= 0.3 is 13.1 Å². The smallest absolute Gasteiger partial charge is 0.480 e. The van der Waals surface area contributed by atoms with E-state index in [1.807, 2.05) is 0 Å². The molecule has 0 amide bonds. The lowest BCUT2D eigenvalue weighted by Crippen LogP contribution is -2.32. The third-order valence-corrected chi connectivity index (χ3v) is 3.31. The quantitative estimate of drug-likeness (QED) is 0.459. The minimum absolute atomic E-state index is 0.253. The van der Waals surface area contributed by atoms with Crippen LogP contribution in [0.25, 0.3) is 0 Å². The molecule has 5 N–H and O–H groups in total. The van der Waals surface area contributed by atoms with E-state index < -0.39 is 19.1 Å². The number of carboxylic acid groups (broad SMARTS) is 1. The molecule has 0 bridgehead atoms. The van der Waals surface area contributed by atoms with Crippen LogP contribution in [0.5, 0.6) is 0 Å². The summed E-state index contributed by atoms with van der Waals surface area (Å²) in [5, 5.41) is 27.4. The lowest BCUT2D eigenvalue weighted by atomic mass is 9.77. The molecular formula is C17H16BNO4. The van der Waals surface area contributed by atoms with Crippen LogP contribution in [0.15, 0.2) is 48.5 Å². The molecule has 0 radical (unpaired) electrons. The molecule has 0 aliphatic heterocycles. The van der Waals surface area contributed by atoms with Crippen molar-refractivity contribution in [1.29, 1.82) is 0 Å². The molecular weight excluding hydrogens is 293 g/mol. The summed E-state index contributed by atoms with van der Waals surface area (Å²) in [6, 6.07) is 13.0. The number of hydrogen-bond donors (Lipinski definition) is 4. The number of rotatable bonds is 4. The van der Waals surface area contributed by atoms with Crippen molar-refractivity contribution in [2.24, 2.45) is 5.73 Å². The standard InChI is InChI=1S/C17H16BNO4/c19-16(17(20)21)11-13-7-5-12(6-8-13)9-10-14-3-1-2-4-15(14)18(22)23/h1-8,16,22-23H,11,19H2,(H,20,21)/t16-/m0/s1. The second-order valence-corrected chi connectivity index (χ2v) is 5.06. The Morgan fingerprint density at radius 2 is 1.74 bits per heavy atom. The van der Waals surface area contributed by atoms with Gasteiger partial charge in [0.2, 0.25) is 0 Å². The van der Waals surface area contributed by atoms with Crippen LogP contribution in [-0.4, -0.2) is 34.3 Å². The summed E-state index contributed by atoms with van der Waals surface area (Å²) in [7, 11) is -1.57. The van der Waals surface area contributed by atoms with Crippen LogP contribution in [0, 0.1) is 11.8 Å². The molecule has 0 heterocycles. The van der Waals surface area contributed by atoms with Crippen molar-refractivity contribution in [3.05, 3.63) is 65.2 Å². The van der Waals surface area contributed by atoms with Gasteiger partial charge in [-0.2, -0.15) is 0 Å². The fourth-order valence-electron chi connectivity index (χ4n) is 2.04. The second kappa shape index (κ2) is 7.61. The third kappa shape index (κ3) is 4.69. The molecule has 23 heavy (non-hydrogen) atoms. The van der Waals surface area contributed by atoms with E-state index in [0.717, 1.165) is 11.1 Å². The first kappa shape index (κ1) is 16.8. The van der Waals surface area contributed by atoms with E-state index >= 15 is 0 Å². The molecule has 2 aromatic rings. The summed E-state index contributed by atoms with van der Waals surface area (Å²) in [4.78, 5) is 10.7. The summed E-state index contributed by atoms with van der Waals surface area (Å²) in [6.07, 6.45) is 0.253. The van der Waals surface area contributed by atoms with Gasteiger partial charge in [-0.1, -0.05) is 42.2 Å². The molecule has 0 spiro atoms. The Kier molecular flexibility index (Phi) is 5.55. The first-order valence-corrected chi connectivity index (χ1v) is 7.02. The molecule has 0 saturated carbocycles. The van der Waals surface area contributed by atoms with Crippen LogP contribution >= 0.6 is 0 Å². The molecule has 2 aromatic carbocycles. The average Bonchev–Trinajstić information content (AvgIpc) is 2.54. The lowest BCUT2D eigenvalue weighted by molar-refractivity contribution is -0.138. The van der Waals surface area contributed by atoms with Crippen LogP contribution in [0.1, 0.15) is 16.7 Å². The zero-order valence-corrected chi connectivity index (χ0v) is 12.3. The number of hydrogen-bond acceptors (Lipinski definition) is 4. The maximum atomic E-state index is 10.7. The average molecular weight is 309 g/mol. The highest BCUT2D eigenvalue weighted by Gasteiger charge is 2.14. The Bertz CT molecular complexity index is 747. The van der Waals surface area contributed by atoms with E-state index in [9.17, 15) is 14.8 Å². The molecule has 0 fully saturated rings.